The van der Waals surface area contributed by atoms with Crippen molar-refractivity contribution in [3.8, 4) is 27.9 Å². The Morgan fingerprint density at radius 1 is 1.32 bits per heavy atom. The predicted octanol–water partition coefficient (Wildman–Crippen LogP) is 4.07. The summed E-state index contributed by atoms with van der Waals surface area (Å²) in [6.45, 7) is 0. The van der Waals surface area contributed by atoms with Gasteiger partial charge in [-0.05, 0) is 29.6 Å². The van der Waals surface area contributed by atoms with Crippen LogP contribution in [0, 0.1) is 5.82 Å². The molecule has 1 N–H and O–H groups in total. The second-order valence-corrected chi connectivity index (χ2v) is 5.45. The summed E-state index contributed by atoms with van der Waals surface area (Å²) in [4.78, 5) is 4.65. The van der Waals surface area contributed by atoms with Gasteiger partial charge in [-0.1, -0.05) is 21.1 Å². The maximum absolute atomic E-state index is 13.2. The Bertz CT molecular complexity index is 741. The molecule has 19 heavy (non-hydrogen) atoms. The molecule has 0 atom stereocenters. The van der Waals surface area contributed by atoms with Gasteiger partial charge in [0.1, 0.15) is 16.4 Å². The molecule has 96 valence electrons. The van der Waals surface area contributed by atoms with Crippen LogP contribution >= 0.6 is 27.3 Å². The number of halogens is 2. The SMILES string of the molecule is Oc1ccsc1-c1nc(-c2cc(F)ccc2Br)no1. The van der Waals surface area contributed by atoms with E-state index in [4.69, 9.17) is 4.52 Å². The van der Waals surface area contributed by atoms with Crippen molar-refractivity contribution in [2.24, 2.45) is 0 Å². The van der Waals surface area contributed by atoms with E-state index < -0.39 is 0 Å². The summed E-state index contributed by atoms with van der Waals surface area (Å²) in [6.07, 6.45) is 0. The molecular weight excluding hydrogens is 335 g/mol. The molecule has 3 rings (SSSR count). The first-order chi connectivity index (χ1) is 9.15. The van der Waals surface area contributed by atoms with E-state index in [0.717, 1.165) is 0 Å². The number of aromatic nitrogens is 2. The van der Waals surface area contributed by atoms with Gasteiger partial charge in [0.25, 0.3) is 5.89 Å². The summed E-state index contributed by atoms with van der Waals surface area (Å²) in [5.74, 6) is 0.162. The Morgan fingerprint density at radius 2 is 2.16 bits per heavy atom. The van der Waals surface area contributed by atoms with Crippen LogP contribution in [0.5, 0.6) is 5.75 Å². The zero-order valence-electron chi connectivity index (χ0n) is 9.30. The average molecular weight is 341 g/mol. The molecule has 0 bridgehead atoms. The largest absolute Gasteiger partial charge is 0.506 e. The van der Waals surface area contributed by atoms with Crippen molar-refractivity contribution in [3.05, 3.63) is 39.9 Å². The third-order valence-electron chi connectivity index (χ3n) is 2.43. The molecule has 0 spiro atoms. The summed E-state index contributed by atoms with van der Waals surface area (Å²) in [5, 5.41) is 15.1. The van der Waals surface area contributed by atoms with Gasteiger partial charge in [0.15, 0.2) is 0 Å². The lowest BCUT2D eigenvalue weighted by molar-refractivity contribution is 0.427. The third kappa shape index (κ3) is 2.26. The molecular formula is C12H6BrFN2O2S. The van der Waals surface area contributed by atoms with Crippen molar-refractivity contribution < 1.29 is 14.0 Å². The van der Waals surface area contributed by atoms with Gasteiger partial charge in [-0.3, -0.25) is 0 Å². The topological polar surface area (TPSA) is 59.2 Å². The summed E-state index contributed by atoms with van der Waals surface area (Å²) in [6, 6.07) is 5.76. The Kier molecular flexibility index (Phi) is 3.08. The molecule has 1 aromatic carbocycles. The zero-order valence-corrected chi connectivity index (χ0v) is 11.7. The Balaban J connectivity index is 2.06. The normalized spacial score (nSPS) is 10.8. The number of nitrogens with zero attached hydrogens (tertiary/aromatic N) is 2. The van der Waals surface area contributed by atoms with E-state index in [2.05, 4.69) is 26.1 Å². The number of hydrogen-bond donors (Lipinski definition) is 1. The molecule has 0 unspecified atom stereocenters. The van der Waals surface area contributed by atoms with E-state index in [1.165, 1.54) is 23.5 Å². The van der Waals surface area contributed by atoms with Crippen LogP contribution < -0.4 is 0 Å². The van der Waals surface area contributed by atoms with Crippen molar-refractivity contribution in [1.29, 1.82) is 0 Å². The summed E-state index contributed by atoms with van der Waals surface area (Å²) in [5.41, 5.74) is 0.492. The second kappa shape index (κ2) is 4.75. The minimum absolute atomic E-state index is 0.0820. The molecule has 2 aromatic heterocycles. The molecule has 0 saturated carbocycles. The standard InChI is InChI=1S/C12H6BrFN2O2S/c13-8-2-1-6(14)5-7(8)11-15-12(18-16-11)10-9(17)3-4-19-10/h1-5,17H. The minimum Gasteiger partial charge on any atom is -0.506 e. The van der Waals surface area contributed by atoms with Crippen LogP contribution in [0.15, 0.2) is 38.6 Å². The van der Waals surface area contributed by atoms with E-state index >= 15 is 0 Å². The maximum atomic E-state index is 13.2. The van der Waals surface area contributed by atoms with Gasteiger partial charge in [0, 0.05) is 10.0 Å². The van der Waals surface area contributed by atoms with Gasteiger partial charge < -0.3 is 9.63 Å². The first-order valence-corrected chi connectivity index (χ1v) is 6.88. The van der Waals surface area contributed by atoms with Gasteiger partial charge in [-0.25, -0.2) is 4.39 Å². The van der Waals surface area contributed by atoms with E-state index in [1.807, 2.05) is 0 Å². The molecule has 3 aromatic rings. The first-order valence-electron chi connectivity index (χ1n) is 5.21. The average Bonchev–Trinajstić information content (AvgIpc) is 3.00. The predicted molar refractivity (Wildman–Crippen MR) is 72.4 cm³/mol. The quantitative estimate of drug-likeness (QED) is 0.763. The van der Waals surface area contributed by atoms with E-state index in [0.29, 0.717) is 14.9 Å². The lowest BCUT2D eigenvalue weighted by atomic mass is 10.2. The van der Waals surface area contributed by atoms with Crippen molar-refractivity contribution >= 4 is 27.3 Å². The molecule has 0 radical (unpaired) electrons. The Labute approximate surface area is 119 Å². The fourth-order valence-corrected chi connectivity index (χ4v) is 2.69. The molecule has 0 aliphatic rings. The third-order valence-corrected chi connectivity index (χ3v) is 4.02. The lowest BCUT2D eigenvalue weighted by Gasteiger charge is -1.98. The van der Waals surface area contributed by atoms with Gasteiger partial charge in [-0.15, -0.1) is 11.3 Å². The van der Waals surface area contributed by atoms with Gasteiger partial charge in [0.2, 0.25) is 5.82 Å². The van der Waals surface area contributed by atoms with Crippen LogP contribution in [0.4, 0.5) is 4.39 Å². The molecule has 0 amide bonds. The number of thiophene rings is 1. The maximum Gasteiger partial charge on any atom is 0.272 e. The fraction of sp³-hybridized carbons (Fsp3) is 0. The van der Waals surface area contributed by atoms with Crippen molar-refractivity contribution in [2.75, 3.05) is 0 Å². The number of rotatable bonds is 2. The van der Waals surface area contributed by atoms with E-state index in [9.17, 15) is 9.50 Å². The molecule has 0 aliphatic heterocycles. The second-order valence-electron chi connectivity index (χ2n) is 3.68. The molecule has 4 nitrogen and oxygen atoms in total. The molecule has 2 heterocycles. The molecule has 0 fully saturated rings. The van der Waals surface area contributed by atoms with Crippen molar-refractivity contribution in [2.45, 2.75) is 0 Å². The molecule has 0 aliphatic carbocycles. The van der Waals surface area contributed by atoms with Crippen molar-refractivity contribution in [3.63, 3.8) is 0 Å². The summed E-state index contributed by atoms with van der Waals surface area (Å²) < 4.78 is 19.0. The van der Waals surface area contributed by atoms with Crippen LogP contribution in [0.1, 0.15) is 0 Å². The fourth-order valence-electron chi connectivity index (χ4n) is 1.56. The number of hydrogen-bond acceptors (Lipinski definition) is 5. The van der Waals surface area contributed by atoms with E-state index in [1.54, 1.807) is 17.5 Å². The molecule has 0 saturated heterocycles. The van der Waals surface area contributed by atoms with Crippen LogP contribution in [0.3, 0.4) is 0 Å². The summed E-state index contributed by atoms with van der Waals surface area (Å²) in [7, 11) is 0. The smallest absolute Gasteiger partial charge is 0.272 e. The highest BCUT2D eigenvalue weighted by Gasteiger charge is 2.17. The van der Waals surface area contributed by atoms with Crippen molar-refractivity contribution in [1.82, 2.24) is 10.1 Å². The Hall–Kier alpha value is -1.73. The van der Waals surface area contributed by atoms with Crippen LogP contribution in [0.2, 0.25) is 0 Å². The number of aromatic hydroxyl groups is 1. The lowest BCUT2D eigenvalue weighted by Crippen LogP contribution is -1.84. The highest BCUT2D eigenvalue weighted by atomic mass is 79.9. The van der Waals surface area contributed by atoms with Crippen LogP contribution in [0.25, 0.3) is 22.2 Å². The van der Waals surface area contributed by atoms with Crippen LogP contribution in [-0.2, 0) is 0 Å². The molecule has 7 heteroatoms. The highest BCUT2D eigenvalue weighted by molar-refractivity contribution is 9.10. The minimum atomic E-state index is -0.386. The summed E-state index contributed by atoms with van der Waals surface area (Å²) >= 11 is 4.59. The highest BCUT2D eigenvalue weighted by Crippen LogP contribution is 2.35. The monoisotopic (exact) mass is 340 g/mol. The number of benzene rings is 1. The van der Waals surface area contributed by atoms with Crippen LogP contribution in [-0.4, -0.2) is 15.2 Å². The van der Waals surface area contributed by atoms with Gasteiger partial charge in [-0.2, -0.15) is 4.98 Å². The van der Waals surface area contributed by atoms with Gasteiger partial charge >= 0.3 is 0 Å². The first kappa shape index (κ1) is 12.3. The Morgan fingerprint density at radius 3 is 2.89 bits per heavy atom. The zero-order chi connectivity index (χ0) is 13.4. The van der Waals surface area contributed by atoms with Gasteiger partial charge in [0.05, 0.1) is 0 Å². The van der Waals surface area contributed by atoms with E-state index in [-0.39, 0.29) is 23.3 Å².